The zero-order chi connectivity index (χ0) is 18.2. The van der Waals surface area contributed by atoms with E-state index in [0.29, 0.717) is 18.0 Å². The van der Waals surface area contributed by atoms with Crippen LogP contribution in [0.4, 0.5) is 0 Å². The maximum atomic E-state index is 13.4. The molecule has 0 radical (unpaired) electrons. The lowest BCUT2D eigenvalue weighted by atomic mass is 10.0. The first-order valence-electron chi connectivity index (χ1n) is 8.48. The highest BCUT2D eigenvalue weighted by Gasteiger charge is 2.43. The molecule has 1 aliphatic rings. The molecule has 1 unspecified atom stereocenters. The summed E-state index contributed by atoms with van der Waals surface area (Å²) in [5.41, 5.74) is 2.23. The van der Waals surface area contributed by atoms with Crippen molar-refractivity contribution in [2.75, 3.05) is 13.2 Å². The van der Waals surface area contributed by atoms with E-state index in [1.165, 1.54) is 0 Å². The Hall–Kier alpha value is -1.69. The van der Waals surface area contributed by atoms with Gasteiger partial charge in [0, 0.05) is 6.54 Å². The average Bonchev–Trinajstić information content (AvgIpc) is 2.54. The Morgan fingerprint density at radius 2 is 1.76 bits per heavy atom. The molecule has 1 atom stereocenters. The number of hydrogen-bond acceptors (Lipinski definition) is 3. The summed E-state index contributed by atoms with van der Waals surface area (Å²) in [6.45, 7) is 8.31. The summed E-state index contributed by atoms with van der Waals surface area (Å²) in [4.78, 5) is 0.375. The molecule has 0 spiro atoms. The number of morpholine rings is 1. The molecule has 1 saturated heterocycles. The van der Waals surface area contributed by atoms with E-state index in [0.717, 1.165) is 16.7 Å². The van der Waals surface area contributed by atoms with Gasteiger partial charge in [-0.05, 0) is 44.9 Å². The Morgan fingerprint density at radius 3 is 2.40 bits per heavy atom. The summed E-state index contributed by atoms with van der Waals surface area (Å²) < 4.78 is 34.3. The Balaban J connectivity index is 1.99. The summed E-state index contributed by atoms with van der Waals surface area (Å²) >= 11 is 0. The third kappa shape index (κ3) is 3.50. The summed E-state index contributed by atoms with van der Waals surface area (Å²) in [6.07, 6.45) is -0.255. The fourth-order valence-electron chi connectivity index (χ4n) is 3.33. The van der Waals surface area contributed by atoms with Crippen LogP contribution in [-0.2, 0) is 14.8 Å². The normalized spacial score (nSPS) is 21.2. The van der Waals surface area contributed by atoms with Gasteiger partial charge in [-0.3, -0.25) is 0 Å². The van der Waals surface area contributed by atoms with Crippen molar-refractivity contribution in [2.24, 2.45) is 0 Å². The minimum atomic E-state index is -3.60. The second kappa shape index (κ2) is 6.56. The highest BCUT2D eigenvalue weighted by molar-refractivity contribution is 7.89. The second-order valence-corrected chi connectivity index (χ2v) is 9.16. The second-order valence-electron chi connectivity index (χ2n) is 7.33. The van der Waals surface area contributed by atoms with Gasteiger partial charge in [0.05, 0.1) is 23.1 Å². The SMILES string of the molecule is Cc1ccc(S(=O)(=O)N2CC(c3ccccc3)OCC2(C)C)c(C)c1. The fraction of sp³-hybridized carbons (Fsp3) is 0.400. The lowest BCUT2D eigenvalue weighted by Crippen LogP contribution is -2.56. The number of nitrogens with zero attached hydrogens (tertiary/aromatic N) is 1. The molecule has 2 aromatic carbocycles. The van der Waals surface area contributed by atoms with Crippen LogP contribution >= 0.6 is 0 Å². The zero-order valence-corrected chi connectivity index (χ0v) is 16.0. The van der Waals surface area contributed by atoms with Crippen LogP contribution in [0.3, 0.4) is 0 Å². The standard InChI is InChI=1S/C20H25NO3S/c1-15-10-11-19(16(2)12-15)25(22,23)21-13-18(24-14-20(21,3)4)17-8-6-5-7-9-17/h5-12,18H,13-14H2,1-4H3. The van der Waals surface area contributed by atoms with Crippen molar-refractivity contribution in [3.05, 3.63) is 65.2 Å². The topological polar surface area (TPSA) is 46.6 Å². The quantitative estimate of drug-likeness (QED) is 0.836. The molecule has 1 heterocycles. The first-order chi connectivity index (χ1) is 11.7. The van der Waals surface area contributed by atoms with Gasteiger partial charge in [0.25, 0.3) is 0 Å². The molecular formula is C20H25NO3S. The van der Waals surface area contributed by atoms with E-state index < -0.39 is 15.6 Å². The number of rotatable bonds is 3. The van der Waals surface area contributed by atoms with Crippen LogP contribution in [0.15, 0.2) is 53.4 Å². The van der Waals surface area contributed by atoms with Crippen LogP contribution in [0, 0.1) is 13.8 Å². The van der Waals surface area contributed by atoms with Gasteiger partial charge in [0.15, 0.2) is 0 Å². The minimum Gasteiger partial charge on any atom is -0.370 e. The van der Waals surface area contributed by atoms with Crippen molar-refractivity contribution in [3.8, 4) is 0 Å². The van der Waals surface area contributed by atoms with Crippen molar-refractivity contribution in [1.82, 2.24) is 4.31 Å². The van der Waals surface area contributed by atoms with Crippen LogP contribution in [0.1, 0.15) is 36.6 Å². The Bertz CT molecular complexity index is 860. The van der Waals surface area contributed by atoms with Crippen LogP contribution in [-0.4, -0.2) is 31.4 Å². The highest BCUT2D eigenvalue weighted by atomic mass is 32.2. The first kappa shape index (κ1) is 18.1. The van der Waals surface area contributed by atoms with E-state index in [2.05, 4.69) is 0 Å². The fourth-order valence-corrected chi connectivity index (χ4v) is 5.31. The van der Waals surface area contributed by atoms with E-state index in [4.69, 9.17) is 4.74 Å². The predicted molar refractivity (Wildman–Crippen MR) is 99.0 cm³/mol. The molecule has 3 rings (SSSR count). The molecule has 0 aromatic heterocycles. The molecule has 1 fully saturated rings. The van der Waals surface area contributed by atoms with Crippen molar-refractivity contribution in [1.29, 1.82) is 0 Å². The van der Waals surface area contributed by atoms with Crippen LogP contribution in [0.5, 0.6) is 0 Å². The lowest BCUT2D eigenvalue weighted by Gasteiger charge is -2.44. The van der Waals surface area contributed by atoms with Gasteiger partial charge >= 0.3 is 0 Å². The van der Waals surface area contributed by atoms with Gasteiger partial charge < -0.3 is 4.74 Å². The molecule has 1 aliphatic heterocycles. The van der Waals surface area contributed by atoms with Crippen molar-refractivity contribution < 1.29 is 13.2 Å². The summed E-state index contributed by atoms with van der Waals surface area (Å²) in [7, 11) is -3.60. The highest BCUT2D eigenvalue weighted by Crippen LogP contribution is 2.35. The summed E-state index contributed by atoms with van der Waals surface area (Å²) in [5.74, 6) is 0. The van der Waals surface area contributed by atoms with Crippen molar-refractivity contribution >= 4 is 10.0 Å². The summed E-state index contributed by atoms with van der Waals surface area (Å²) in [5, 5.41) is 0. The molecule has 134 valence electrons. The van der Waals surface area contributed by atoms with Gasteiger partial charge in [-0.15, -0.1) is 0 Å². The molecule has 0 saturated carbocycles. The van der Waals surface area contributed by atoms with Crippen LogP contribution in [0.2, 0.25) is 0 Å². The number of ether oxygens (including phenoxy) is 1. The molecule has 0 amide bonds. The van der Waals surface area contributed by atoms with Crippen molar-refractivity contribution in [3.63, 3.8) is 0 Å². The molecule has 2 aromatic rings. The molecule has 25 heavy (non-hydrogen) atoms. The Labute approximate surface area is 150 Å². The van der Waals surface area contributed by atoms with Gasteiger partial charge in [-0.1, -0.05) is 48.0 Å². The molecule has 0 N–H and O–H groups in total. The zero-order valence-electron chi connectivity index (χ0n) is 15.2. The van der Waals surface area contributed by atoms with E-state index in [1.54, 1.807) is 10.4 Å². The number of benzene rings is 2. The van der Waals surface area contributed by atoms with E-state index in [9.17, 15) is 8.42 Å². The number of hydrogen-bond donors (Lipinski definition) is 0. The lowest BCUT2D eigenvalue weighted by molar-refractivity contribution is -0.0655. The number of sulfonamides is 1. The smallest absolute Gasteiger partial charge is 0.244 e. The van der Waals surface area contributed by atoms with E-state index in [-0.39, 0.29) is 6.10 Å². The van der Waals surface area contributed by atoms with Crippen LogP contribution in [0.25, 0.3) is 0 Å². The average molecular weight is 359 g/mol. The number of aryl methyl sites for hydroxylation is 2. The minimum absolute atomic E-state index is 0.255. The molecule has 5 heteroatoms. The van der Waals surface area contributed by atoms with Gasteiger partial charge in [0.1, 0.15) is 0 Å². The van der Waals surface area contributed by atoms with Crippen molar-refractivity contribution in [2.45, 2.75) is 44.2 Å². The van der Waals surface area contributed by atoms with E-state index >= 15 is 0 Å². The molecular weight excluding hydrogens is 334 g/mol. The Kier molecular flexibility index (Phi) is 4.75. The maximum Gasteiger partial charge on any atom is 0.244 e. The maximum absolute atomic E-state index is 13.4. The monoisotopic (exact) mass is 359 g/mol. The summed E-state index contributed by atoms with van der Waals surface area (Å²) in [6, 6.07) is 15.3. The van der Waals surface area contributed by atoms with Gasteiger partial charge in [-0.2, -0.15) is 4.31 Å². The predicted octanol–water partition coefficient (Wildman–Crippen LogP) is 3.84. The van der Waals surface area contributed by atoms with Gasteiger partial charge in [-0.25, -0.2) is 8.42 Å². The van der Waals surface area contributed by atoms with E-state index in [1.807, 2.05) is 70.2 Å². The van der Waals surface area contributed by atoms with Crippen LogP contribution < -0.4 is 0 Å². The Morgan fingerprint density at radius 1 is 1.08 bits per heavy atom. The molecule has 4 nitrogen and oxygen atoms in total. The first-order valence-corrected chi connectivity index (χ1v) is 9.92. The largest absolute Gasteiger partial charge is 0.370 e. The van der Waals surface area contributed by atoms with Gasteiger partial charge in [0.2, 0.25) is 10.0 Å². The third-order valence-corrected chi connectivity index (χ3v) is 6.95. The third-order valence-electron chi connectivity index (χ3n) is 4.71. The molecule has 0 aliphatic carbocycles. The molecule has 0 bridgehead atoms.